The number of anilines is 1. The van der Waals surface area contributed by atoms with Crippen molar-refractivity contribution >= 4 is 52.1 Å². The van der Waals surface area contributed by atoms with E-state index in [0.29, 0.717) is 16.9 Å². The van der Waals surface area contributed by atoms with Crippen LogP contribution in [0.25, 0.3) is 6.08 Å². The molecule has 2 heterocycles. The van der Waals surface area contributed by atoms with E-state index in [2.05, 4.69) is 5.32 Å². The van der Waals surface area contributed by atoms with E-state index >= 15 is 0 Å². The van der Waals surface area contributed by atoms with Gasteiger partial charge in [-0.15, -0.1) is 0 Å². The fraction of sp³-hybridized carbons (Fsp3) is 0.227. The van der Waals surface area contributed by atoms with Crippen LogP contribution in [0.3, 0.4) is 0 Å². The number of hydrogen-bond acceptors (Lipinski definition) is 7. The van der Waals surface area contributed by atoms with E-state index in [1.165, 1.54) is 28.6 Å². The van der Waals surface area contributed by atoms with Crippen molar-refractivity contribution in [2.75, 3.05) is 11.9 Å². The molecule has 2 aromatic rings. The molecule has 1 saturated heterocycles. The molecule has 2 N–H and O–H groups in total. The van der Waals surface area contributed by atoms with E-state index in [-0.39, 0.29) is 40.1 Å². The van der Waals surface area contributed by atoms with Gasteiger partial charge in [-0.3, -0.25) is 23.9 Å². The normalized spacial score (nSPS) is 14.6. The van der Waals surface area contributed by atoms with Crippen LogP contribution in [0.5, 0.6) is 0 Å². The van der Waals surface area contributed by atoms with Crippen LogP contribution in [-0.4, -0.2) is 37.3 Å². The van der Waals surface area contributed by atoms with Crippen LogP contribution in [0.2, 0.25) is 0 Å². The van der Waals surface area contributed by atoms with E-state index in [9.17, 15) is 24.0 Å². The van der Waals surface area contributed by atoms with Crippen LogP contribution in [0.15, 0.2) is 34.0 Å². The van der Waals surface area contributed by atoms with Crippen LogP contribution in [0, 0.1) is 24.1 Å². The summed E-state index contributed by atoms with van der Waals surface area (Å²) in [6.45, 7) is 1.82. The summed E-state index contributed by atoms with van der Waals surface area (Å²) in [5.74, 6) is -1.49. The summed E-state index contributed by atoms with van der Waals surface area (Å²) < 4.78 is 14.7. The Morgan fingerprint density at radius 1 is 1.33 bits per heavy atom. The van der Waals surface area contributed by atoms with Gasteiger partial charge in [-0.1, -0.05) is 36.1 Å². The number of rotatable bonds is 7. The van der Waals surface area contributed by atoms with Gasteiger partial charge in [0.1, 0.15) is 27.6 Å². The van der Waals surface area contributed by atoms with Gasteiger partial charge in [-0.05, 0) is 36.3 Å². The second-order valence-corrected chi connectivity index (χ2v) is 8.87. The molecule has 1 aliphatic heterocycles. The molecule has 0 aliphatic carbocycles. The molecule has 0 radical (unpaired) electrons. The summed E-state index contributed by atoms with van der Waals surface area (Å²) in [5, 5.41) is 21.5. The molecule has 1 aromatic carbocycles. The van der Waals surface area contributed by atoms with Gasteiger partial charge in [0.25, 0.3) is 11.5 Å². The average Bonchev–Trinajstić information content (AvgIpc) is 3.04. The lowest BCUT2D eigenvalue weighted by Crippen LogP contribution is -2.30. The molecule has 0 saturated carbocycles. The third-order valence-electron chi connectivity index (χ3n) is 5.07. The van der Waals surface area contributed by atoms with Crippen molar-refractivity contribution in [1.82, 2.24) is 9.47 Å². The van der Waals surface area contributed by atoms with Gasteiger partial charge in [0.15, 0.2) is 0 Å². The van der Waals surface area contributed by atoms with Gasteiger partial charge in [-0.2, -0.15) is 5.26 Å². The Hall–Kier alpha value is -3.49. The van der Waals surface area contributed by atoms with Gasteiger partial charge in [0.05, 0.1) is 11.3 Å². The van der Waals surface area contributed by atoms with E-state index < -0.39 is 17.4 Å². The molecule has 11 heteroatoms. The third kappa shape index (κ3) is 5.13. The molecular weight excluding hydrogens is 467 g/mol. The van der Waals surface area contributed by atoms with E-state index in [1.54, 1.807) is 25.1 Å². The third-order valence-corrected chi connectivity index (χ3v) is 6.45. The van der Waals surface area contributed by atoms with Crippen LogP contribution in [-0.2, 0) is 23.2 Å². The van der Waals surface area contributed by atoms with Crippen molar-refractivity contribution in [2.45, 2.75) is 19.9 Å². The second-order valence-electron chi connectivity index (χ2n) is 7.20. The van der Waals surface area contributed by atoms with Crippen LogP contribution < -0.4 is 10.9 Å². The topological polar surface area (TPSA) is 115 Å². The smallest absolute Gasteiger partial charge is 0.305 e. The highest BCUT2D eigenvalue weighted by atomic mass is 32.2. The zero-order chi connectivity index (χ0) is 24.3. The first-order chi connectivity index (χ1) is 15.6. The lowest BCUT2D eigenvalue weighted by molar-refractivity contribution is -0.137. The lowest BCUT2D eigenvalue weighted by atomic mass is 10.0. The number of aliphatic carboxylic acids is 1. The van der Waals surface area contributed by atoms with Crippen LogP contribution in [0.4, 0.5) is 10.2 Å². The monoisotopic (exact) mass is 486 g/mol. The zero-order valence-electron chi connectivity index (χ0n) is 17.7. The molecule has 1 aromatic heterocycles. The maximum absolute atomic E-state index is 13.2. The Kier molecular flexibility index (Phi) is 7.30. The number of thiocarbonyl (C=S) groups is 1. The highest BCUT2D eigenvalue weighted by molar-refractivity contribution is 8.26. The highest BCUT2D eigenvalue weighted by Crippen LogP contribution is 2.35. The summed E-state index contributed by atoms with van der Waals surface area (Å²) in [7, 11) is 1.50. The number of nitrogens with one attached hydrogen (secondary N) is 1. The second kappa shape index (κ2) is 9.97. The van der Waals surface area contributed by atoms with Crippen molar-refractivity contribution in [3.05, 3.63) is 67.6 Å². The number of carbonyl (C=O) groups excluding carboxylic acids is 1. The molecule has 0 unspecified atom stereocenters. The van der Waals surface area contributed by atoms with Crippen LogP contribution >= 0.6 is 24.0 Å². The first-order valence-corrected chi connectivity index (χ1v) is 11.0. The molecule has 0 atom stereocenters. The number of hydrogen-bond donors (Lipinski definition) is 2. The number of carboxylic acids is 1. The Morgan fingerprint density at radius 2 is 2.00 bits per heavy atom. The number of thioether (sulfide) groups is 1. The predicted molar refractivity (Wildman–Crippen MR) is 127 cm³/mol. The van der Waals surface area contributed by atoms with Gasteiger partial charge in [0.2, 0.25) is 0 Å². The molecule has 33 heavy (non-hydrogen) atoms. The lowest BCUT2D eigenvalue weighted by Gasteiger charge is -2.18. The molecule has 0 bridgehead atoms. The molecule has 8 nitrogen and oxygen atoms in total. The summed E-state index contributed by atoms with van der Waals surface area (Å²) >= 11 is 6.25. The number of nitrogens with zero attached hydrogens (tertiary/aromatic N) is 3. The largest absolute Gasteiger partial charge is 0.481 e. The summed E-state index contributed by atoms with van der Waals surface area (Å²) in [5.41, 5.74) is 1.05. The van der Waals surface area contributed by atoms with Gasteiger partial charge in [-0.25, -0.2) is 4.39 Å². The Labute approximate surface area is 198 Å². The van der Waals surface area contributed by atoms with E-state index in [4.69, 9.17) is 17.3 Å². The number of aromatic nitrogens is 1. The number of halogens is 1. The average molecular weight is 487 g/mol. The van der Waals surface area contributed by atoms with Gasteiger partial charge < -0.3 is 10.4 Å². The fourth-order valence-corrected chi connectivity index (χ4v) is 4.55. The molecule has 1 amide bonds. The number of nitriles is 1. The number of pyridine rings is 1. The summed E-state index contributed by atoms with van der Waals surface area (Å²) in [4.78, 5) is 37.9. The maximum Gasteiger partial charge on any atom is 0.305 e. The standard InChI is InChI=1S/C22H19FN4O4S2/c1-12-15(9-17-21(31)27(22(32)33-17)8-7-18(28)29)19(26(2)20(30)16(12)10-24)25-11-13-3-5-14(23)6-4-13/h3-6,9,25H,7-8,11H2,1-2H3,(H,28,29)/b17-9+. The number of benzene rings is 1. The molecular formula is C22H19FN4O4S2. The minimum Gasteiger partial charge on any atom is -0.481 e. The number of amides is 1. The van der Waals surface area contributed by atoms with E-state index in [1.807, 2.05) is 6.07 Å². The molecule has 3 rings (SSSR count). The molecule has 1 aliphatic rings. The summed E-state index contributed by atoms with van der Waals surface area (Å²) in [6.07, 6.45) is 1.30. The van der Waals surface area contributed by atoms with Crippen molar-refractivity contribution in [2.24, 2.45) is 7.05 Å². The quantitative estimate of drug-likeness (QED) is 0.453. The van der Waals surface area contributed by atoms with Crippen molar-refractivity contribution in [1.29, 1.82) is 5.26 Å². The summed E-state index contributed by atoms with van der Waals surface area (Å²) in [6, 6.07) is 7.76. The van der Waals surface area contributed by atoms with Crippen LogP contribution in [0.1, 0.15) is 28.7 Å². The Bertz CT molecular complexity index is 1280. The maximum atomic E-state index is 13.2. The Morgan fingerprint density at radius 3 is 2.61 bits per heavy atom. The van der Waals surface area contributed by atoms with E-state index in [0.717, 1.165) is 17.3 Å². The minimum atomic E-state index is -1.05. The van der Waals surface area contributed by atoms with Crippen molar-refractivity contribution in [3.63, 3.8) is 0 Å². The highest BCUT2D eigenvalue weighted by Gasteiger charge is 2.32. The fourth-order valence-electron chi connectivity index (χ4n) is 3.26. The molecule has 0 spiro atoms. The first kappa shape index (κ1) is 24.2. The van der Waals surface area contributed by atoms with Crippen molar-refractivity contribution in [3.8, 4) is 6.07 Å². The van der Waals surface area contributed by atoms with Gasteiger partial charge >= 0.3 is 5.97 Å². The van der Waals surface area contributed by atoms with Gasteiger partial charge in [0, 0.05) is 25.7 Å². The molecule has 1 fully saturated rings. The SMILES string of the molecule is Cc1c(/C=C2/SC(=S)N(CCC(=O)O)C2=O)c(NCc2ccc(F)cc2)n(C)c(=O)c1C#N. The number of carboxylic acid groups (broad SMARTS) is 1. The number of carbonyl (C=O) groups is 2. The van der Waals surface area contributed by atoms with Crippen molar-refractivity contribution < 1.29 is 19.1 Å². The predicted octanol–water partition coefficient (Wildman–Crippen LogP) is 2.99. The Balaban J connectivity index is 2.03. The molecule has 170 valence electrons. The first-order valence-electron chi connectivity index (χ1n) is 9.73. The minimum absolute atomic E-state index is 0.0529. The zero-order valence-corrected chi connectivity index (χ0v) is 19.3.